The van der Waals surface area contributed by atoms with Crippen molar-refractivity contribution in [2.75, 3.05) is 0 Å². The monoisotopic (exact) mass is 420 g/mol. The Balaban J connectivity index is 1.34. The molecule has 1 heteroatoms. The molecule has 8 saturated carbocycles. The lowest BCUT2D eigenvalue weighted by atomic mass is 9.55. The molecule has 0 nitrogen and oxygen atoms in total. The van der Waals surface area contributed by atoms with Crippen LogP contribution in [0, 0.1) is 68.1 Å². The lowest BCUT2D eigenvalue weighted by Crippen LogP contribution is -2.54. The molecule has 30 heavy (non-hydrogen) atoms. The van der Waals surface area contributed by atoms with Crippen molar-refractivity contribution in [3.05, 3.63) is 28.8 Å². The van der Waals surface area contributed by atoms with Gasteiger partial charge in [-0.25, -0.2) is 0 Å². The minimum absolute atomic E-state index is 0.00500. The van der Waals surface area contributed by atoms with Gasteiger partial charge in [0.05, 0.1) is 0 Å². The van der Waals surface area contributed by atoms with E-state index < -0.39 is 0 Å². The first-order chi connectivity index (χ1) is 14.5. The van der Waals surface area contributed by atoms with Gasteiger partial charge in [-0.1, -0.05) is 20.1 Å². The SMILES string of the molecule is Cc1ccc(P(C2C3CC4CC(C3)CC2C4)C2C3CC4CC(C3)CC2C4)c(C)c1C. The summed E-state index contributed by atoms with van der Waals surface area (Å²) in [5, 5.41) is 1.88. The second kappa shape index (κ2) is 6.83. The van der Waals surface area contributed by atoms with Crippen molar-refractivity contribution in [2.24, 2.45) is 47.3 Å². The molecule has 0 N–H and O–H groups in total. The molecule has 0 aromatic heterocycles. The number of aryl methyl sites for hydroxylation is 1. The van der Waals surface area contributed by atoms with Gasteiger partial charge in [-0.2, -0.15) is 0 Å². The molecular formula is C29H41P. The lowest BCUT2D eigenvalue weighted by molar-refractivity contribution is 0.0136. The van der Waals surface area contributed by atoms with Gasteiger partial charge in [0, 0.05) is 0 Å². The Hall–Kier alpha value is -0.350. The van der Waals surface area contributed by atoms with Gasteiger partial charge in [0.25, 0.3) is 0 Å². The summed E-state index contributed by atoms with van der Waals surface area (Å²) >= 11 is 0. The van der Waals surface area contributed by atoms with Crippen molar-refractivity contribution in [1.82, 2.24) is 0 Å². The van der Waals surface area contributed by atoms with E-state index in [2.05, 4.69) is 32.9 Å². The standard InChI is InChI=1S/C29H41P/c1-16-4-5-27(18(3)17(16)2)30(28-23-8-19-6-20(10-23)11-24(28)9-19)29-25-12-21-7-22(14-25)15-26(29)13-21/h4-5,19-26,28-29H,6-15H2,1-3H3. The maximum atomic E-state index is 2.65. The molecule has 8 aliphatic carbocycles. The van der Waals surface area contributed by atoms with Gasteiger partial charge in [0.15, 0.2) is 0 Å². The van der Waals surface area contributed by atoms with Crippen molar-refractivity contribution < 1.29 is 0 Å². The van der Waals surface area contributed by atoms with Gasteiger partial charge in [0.2, 0.25) is 0 Å². The molecule has 9 rings (SSSR count). The van der Waals surface area contributed by atoms with Gasteiger partial charge in [0.1, 0.15) is 0 Å². The fourth-order valence-electron chi connectivity index (χ4n) is 10.4. The highest BCUT2D eigenvalue weighted by molar-refractivity contribution is 7.67. The highest BCUT2D eigenvalue weighted by Crippen LogP contribution is 2.70. The van der Waals surface area contributed by atoms with Crippen LogP contribution in [-0.2, 0) is 0 Å². The third-order valence-corrected chi connectivity index (χ3v) is 15.3. The highest BCUT2D eigenvalue weighted by Gasteiger charge is 2.57. The third kappa shape index (κ3) is 2.74. The van der Waals surface area contributed by atoms with Crippen LogP contribution in [0.25, 0.3) is 0 Å². The molecule has 0 saturated heterocycles. The predicted molar refractivity (Wildman–Crippen MR) is 129 cm³/mol. The van der Waals surface area contributed by atoms with E-state index in [1.165, 1.54) is 5.56 Å². The van der Waals surface area contributed by atoms with Gasteiger partial charge >= 0.3 is 0 Å². The van der Waals surface area contributed by atoms with Crippen molar-refractivity contribution in [3.63, 3.8) is 0 Å². The van der Waals surface area contributed by atoms with Crippen LogP contribution in [-0.4, -0.2) is 11.3 Å². The molecule has 0 atom stereocenters. The Labute approximate surface area is 185 Å². The van der Waals surface area contributed by atoms with Gasteiger partial charge < -0.3 is 0 Å². The fraction of sp³-hybridized carbons (Fsp3) is 0.793. The summed E-state index contributed by atoms with van der Waals surface area (Å²) in [5.74, 6) is 8.80. The molecule has 1 aromatic carbocycles. The van der Waals surface area contributed by atoms with Crippen molar-refractivity contribution in [1.29, 1.82) is 0 Å². The molecule has 162 valence electrons. The Kier molecular flexibility index (Phi) is 4.36. The molecule has 0 amide bonds. The van der Waals surface area contributed by atoms with E-state index in [1.807, 2.05) is 5.30 Å². The number of hydrogen-bond donors (Lipinski definition) is 0. The van der Waals surface area contributed by atoms with Crippen LogP contribution in [0.2, 0.25) is 0 Å². The van der Waals surface area contributed by atoms with Crippen LogP contribution in [0.3, 0.4) is 0 Å². The van der Waals surface area contributed by atoms with Crippen LogP contribution in [0.15, 0.2) is 12.1 Å². The molecule has 0 spiro atoms. The highest BCUT2D eigenvalue weighted by atomic mass is 31.1. The van der Waals surface area contributed by atoms with Crippen molar-refractivity contribution in [3.8, 4) is 0 Å². The normalized spacial score (nSPS) is 49.0. The first-order valence-electron chi connectivity index (χ1n) is 13.4. The summed E-state index contributed by atoms with van der Waals surface area (Å²) < 4.78 is 0. The Bertz CT molecular complexity index is 754. The summed E-state index contributed by atoms with van der Waals surface area (Å²) in [6, 6.07) is 5.15. The second-order valence-corrected chi connectivity index (χ2v) is 15.4. The first kappa shape index (κ1) is 19.1. The maximum absolute atomic E-state index is 2.65. The molecule has 0 aliphatic heterocycles. The predicted octanol–water partition coefficient (Wildman–Crippen LogP) is 7.37. The summed E-state index contributed by atoms with van der Waals surface area (Å²) in [6.07, 6.45) is 16.0. The van der Waals surface area contributed by atoms with Crippen LogP contribution < -0.4 is 5.30 Å². The quantitative estimate of drug-likeness (QED) is 0.448. The van der Waals surface area contributed by atoms with Gasteiger partial charge in [-0.15, -0.1) is 0 Å². The molecule has 8 aliphatic rings. The van der Waals surface area contributed by atoms with E-state index in [1.54, 1.807) is 75.3 Å². The van der Waals surface area contributed by atoms with E-state index in [4.69, 9.17) is 0 Å². The van der Waals surface area contributed by atoms with Crippen LogP contribution in [0.5, 0.6) is 0 Å². The molecule has 8 bridgehead atoms. The second-order valence-electron chi connectivity index (χ2n) is 12.9. The summed E-state index contributed by atoms with van der Waals surface area (Å²) in [7, 11) is -0.00500. The van der Waals surface area contributed by atoms with Crippen LogP contribution >= 0.6 is 7.92 Å². The molecule has 0 unspecified atom stereocenters. The van der Waals surface area contributed by atoms with E-state index in [-0.39, 0.29) is 7.92 Å². The minimum Gasteiger partial charge on any atom is -0.0675 e. The van der Waals surface area contributed by atoms with Crippen molar-refractivity contribution in [2.45, 2.75) is 96.3 Å². The molecule has 1 aromatic rings. The van der Waals surface area contributed by atoms with E-state index in [0.29, 0.717) is 0 Å². The van der Waals surface area contributed by atoms with Crippen molar-refractivity contribution >= 4 is 13.2 Å². The zero-order valence-electron chi connectivity index (χ0n) is 19.4. The minimum atomic E-state index is -0.00500. The number of rotatable bonds is 3. The third-order valence-electron chi connectivity index (χ3n) is 11.3. The van der Waals surface area contributed by atoms with E-state index in [0.717, 1.165) is 58.7 Å². The topological polar surface area (TPSA) is 0 Å². The van der Waals surface area contributed by atoms with Gasteiger partial charge in [-0.3, -0.25) is 0 Å². The molecule has 8 fully saturated rings. The Morgan fingerprint density at radius 2 is 0.933 bits per heavy atom. The zero-order valence-corrected chi connectivity index (χ0v) is 20.3. The van der Waals surface area contributed by atoms with Crippen LogP contribution in [0.1, 0.15) is 80.9 Å². The molecule has 0 radical (unpaired) electrons. The molecule has 0 heterocycles. The van der Waals surface area contributed by atoms with E-state index in [9.17, 15) is 0 Å². The summed E-state index contributed by atoms with van der Waals surface area (Å²) in [5.41, 5.74) is 6.98. The average molecular weight is 421 g/mol. The van der Waals surface area contributed by atoms with Gasteiger partial charge in [-0.05, 0) is 166 Å². The number of benzene rings is 1. The summed E-state index contributed by atoms with van der Waals surface area (Å²) in [4.78, 5) is 0. The largest absolute Gasteiger partial charge is 0.0675 e. The lowest BCUT2D eigenvalue weighted by Gasteiger charge is -2.62. The average Bonchev–Trinajstić information content (AvgIpc) is 2.70. The van der Waals surface area contributed by atoms with Crippen LogP contribution in [0.4, 0.5) is 0 Å². The number of hydrogen-bond acceptors (Lipinski definition) is 0. The summed E-state index contributed by atoms with van der Waals surface area (Å²) in [6.45, 7) is 7.24. The fourth-order valence-corrected chi connectivity index (χ4v) is 15.1. The zero-order chi connectivity index (χ0) is 20.1. The first-order valence-corrected chi connectivity index (χ1v) is 14.9. The maximum Gasteiger partial charge on any atom is -0.0109 e. The smallest absolute Gasteiger partial charge is 0.0109 e. The Morgan fingerprint density at radius 3 is 1.33 bits per heavy atom. The molecular weight excluding hydrogens is 379 g/mol. The Morgan fingerprint density at radius 1 is 0.533 bits per heavy atom. The van der Waals surface area contributed by atoms with E-state index >= 15 is 0 Å².